The van der Waals surface area contributed by atoms with Crippen LogP contribution in [-0.2, 0) is 59.6 Å². The van der Waals surface area contributed by atoms with Crippen molar-refractivity contribution >= 4 is 5.78 Å². The molecular formula is C53H64O7. The van der Waals surface area contributed by atoms with Crippen molar-refractivity contribution in [1.29, 1.82) is 0 Å². The molecule has 12 atom stereocenters. The zero-order valence-corrected chi connectivity index (χ0v) is 35.6. The first-order valence-corrected chi connectivity index (χ1v) is 22.8. The van der Waals surface area contributed by atoms with Crippen LogP contribution in [0.5, 0.6) is 0 Å². The number of hydrogen-bond donors (Lipinski definition) is 0. The topological polar surface area (TPSA) is 72.5 Å². The minimum atomic E-state index is -0.693. The summed E-state index contributed by atoms with van der Waals surface area (Å²) >= 11 is 0. The molecule has 0 aromatic heterocycles. The maximum Gasteiger partial charge on any atom is 0.187 e. The quantitative estimate of drug-likeness (QED) is 0.111. The molecule has 5 aliphatic rings. The highest BCUT2D eigenvalue weighted by atomic mass is 16.7. The fourth-order valence-corrected chi connectivity index (χ4v) is 12.2. The van der Waals surface area contributed by atoms with Gasteiger partial charge in [0.2, 0.25) is 0 Å². The smallest absolute Gasteiger partial charge is 0.187 e. The van der Waals surface area contributed by atoms with Crippen molar-refractivity contribution in [3.05, 3.63) is 144 Å². The number of hydrogen-bond acceptors (Lipinski definition) is 7. The Labute approximate surface area is 357 Å². The third kappa shape index (κ3) is 8.95. The number of Topliss-reactive ketones (excluding diaryl/α,β-unsaturated/α-hetero) is 1. The lowest BCUT2D eigenvalue weighted by Crippen LogP contribution is -2.62. The van der Waals surface area contributed by atoms with Gasteiger partial charge in [-0.25, -0.2) is 0 Å². The molecule has 318 valence electrons. The number of rotatable bonds is 15. The summed E-state index contributed by atoms with van der Waals surface area (Å²) in [5, 5.41) is 0. The average Bonchev–Trinajstić information content (AvgIpc) is 3.59. The molecule has 0 unspecified atom stereocenters. The molecule has 0 radical (unpaired) electrons. The second kappa shape index (κ2) is 18.7. The van der Waals surface area contributed by atoms with E-state index >= 15 is 0 Å². The summed E-state index contributed by atoms with van der Waals surface area (Å²) in [6.07, 6.45) is 6.90. The number of carbonyl (C=O) groups excluding carboxylic acids is 1. The van der Waals surface area contributed by atoms with Crippen molar-refractivity contribution in [2.45, 2.75) is 135 Å². The summed E-state index contributed by atoms with van der Waals surface area (Å²) in [6, 6.07) is 41.2. The van der Waals surface area contributed by atoms with Gasteiger partial charge in [-0.2, -0.15) is 0 Å². The minimum Gasteiger partial charge on any atom is -0.374 e. The normalized spacial score (nSPS) is 35.0. The summed E-state index contributed by atoms with van der Waals surface area (Å²) in [5.41, 5.74) is 4.50. The molecule has 5 fully saturated rings. The fourth-order valence-electron chi connectivity index (χ4n) is 12.2. The SMILES string of the molecule is C[C@]12CC[C@@H](O[C@H]3O[C@H](COCc4ccccc4)[C@@H](OCc4ccccc4)[C@H](OCc4ccccc4)[C@H]3OCc3ccccc3)C[C@@H]1CC[C@@H]1[C@@H]2CC[C@]2(C)C(=O)CC[C@@H]12. The van der Waals surface area contributed by atoms with E-state index in [2.05, 4.69) is 62.4 Å². The van der Waals surface area contributed by atoms with E-state index in [0.29, 0.717) is 62.5 Å². The van der Waals surface area contributed by atoms with E-state index in [1.54, 1.807) is 0 Å². The summed E-state index contributed by atoms with van der Waals surface area (Å²) in [5.74, 6) is 2.99. The van der Waals surface area contributed by atoms with Crippen LogP contribution < -0.4 is 0 Å². The molecule has 1 aliphatic heterocycles. The summed E-state index contributed by atoms with van der Waals surface area (Å²) in [6.45, 7) is 6.81. The van der Waals surface area contributed by atoms with E-state index < -0.39 is 30.7 Å². The van der Waals surface area contributed by atoms with E-state index in [-0.39, 0.29) is 16.9 Å². The first kappa shape index (κ1) is 41.7. The van der Waals surface area contributed by atoms with Crippen LogP contribution in [0.3, 0.4) is 0 Å². The lowest BCUT2D eigenvalue weighted by molar-refractivity contribution is -0.340. The predicted molar refractivity (Wildman–Crippen MR) is 231 cm³/mol. The minimum absolute atomic E-state index is 0.0248. The van der Waals surface area contributed by atoms with Gasteiger partial charge >= 0.3 is 0 Å². The van der Waals surface area contributed by atoms with Crippen molar-refractivity contribution in [1.82, 2.24) is 0 Å². The van der Waals surface area contributed by atoms with Crippen LogP contribution in [0.2, 0.25) is 0 Å². The standard InChI is InChI=1S/C53H64O7/c1-52-29-27-42(31-41(52)23-24-43-44-25-26-47(54)53(44,2)30-28-45(43)52)59-51-50(58-35-40-21-13-6-14-22-40)49(57-34-39-19-11-5-12-20-39)48(56-33-38-17-9-4-10-18-38)46(60-51)36-55-32-37-15-7-3-8-16-37/h3-22,41-46,48-51H,23-36H2,1-2H3/t41-,42+,43-,44-,45-,46+,48+,49-,50+,51-,52-,53-/m0/s1. The van der Waals surface area contributed by atoms with Crippen LogP contribution in [0.1, 0.15) is 93.9 Å². The number of ketones is 1. The van der Waals surface area contributed by atoms with Gasteiger partial charge in [0.1, 0.15) is 30.2 Å². The largest absolute Gasteiger partial charge is 0.374 e. The lowest BCUT2D eigenvalue weighted by Gasteiger charge is -2.60. The molecule has 0 amide bonds. The number of fused-ring (bicyclic) bond motifs is 5. The maximum absolute atomic E-state index is 13.1. The molecule has 7 nitrogen and oxygen atoms in total. The Balaban J connectivity index is 0.987. The van der Waals surface area contributed by atoms with Crippen LogP contribution in [-0.4, -0.2) is 49.2 Å². The van der Waals surface area contributed by atoms with Crippen molar-refractivity contribution in [2.75, 3.05) is 6.61 Å². The van der Waals surface area contributed by atoms with Gasteiger partial charge in [0.15, 0.2) is 6.29 Å². The summed E-state index contributed by atoms with van der Waals surface area (Å²) in [4.78, 5) is 13.1. The van der Waals surface area contributed by atoms with Gasteiger partial charge in [-0.3, -0.25) is 4.79 Å². The van der Waals surface area contributed by atoms with Crippen LogP contribution >= 0.6 is 0 Å². The third-order valence-corrected chi connectivity index (χ3v) is 15.5. The molecular weight excluding hydrogens is 749 g/mol. The molecule has 60 heavy (non-hydrogen) atoms. The van der Waals surface area contributed by atoms with Crippen molar-refractivity contribution < 1.29 is 33.2 Å². The van der Waals surface area contributed by atoms with Gasteiger partial charge in [-0.1, -0.05) is 135 Å². The number of carbonyl (C=O) groups is 1. The second-order valence-electron chi connectivity index (χ2n) is 18.9. The van der Waals surface area contributed by atoms with Gasteiger partial charge in [0, 0.05) is 11.8 Å². The second-order valence-corrected chi connectivity index (χ2v) is 18.9. The van der Waals surface area contributed by atoms with Crippen LogP contribution in [0.25, 0.3) is 0 Å². The monoisotopic (exact) mass is 812 g/mol. The van der Waals surface area contributed by atoms with Gasteiger partial charge in [-0.15, -0.1) is 0 Å². The first-order chi connectivity index (χ1) is 29.4. The highest BCUT2D eigenvalue weighted by Crippen LogP contribution is 2.65. The van der Waals surface area contributed by atoms with Crippen LogP contribution in [0.4, 0.5) is 0 Å². The molecule has 4 aromatic carbocycles. The maximum atomic E-state index is 13.1. The molecule has 0 N–H and O–H groups in total. The van der Waals surface area contributed by atoms with Gasteiger partial charge < -0.3 is 28.4 Å². The predicted octanol–water partition coefficient (Wildman–Crippen LogP) is 10.7. The molecule has 9 rings (SSSR count). The number of ether oxygens (including phenoxy) is 6. The highest BCUT2D eigenvalue weighted by Gasteiger charge is 2.60. The Kier molecular flexibility index (Phi) is 13.0. The van der Waals surface area contributed by atoms with Gasteiger partial charge in [0.05, 0.1) is 39.1 Å². The molecule has 4 aromatic rings. The number of benzene rings is 4. The lowest BCUT2D eigenvalue weighted by atomic mass is 9.45. The zero-order chi connectivity index (χ0) is 40.9. The van der Waals surface area contributed by atoms with E-state index in [4.69, 9.17) is 28.4 Å². The fraction of sp³-hybridized carbons (Fsp3) is 0.528. The van der Waals surface area contributed by atoms with Gasteiger partial charge in [-0.05, 0) is 103 Å². The average molecular weight is 813 g/mol. The zero-order valence-electron chi connectivity index (χ0n) is 35.6. The summed E-state index contributed by atoms with van der Waals surface area (Å²) < 4.78 is 41.7. The van der Waals surface area contributed by atoms with Crippen LogP contribution in [0, 0.1) is 34.5 Å². The summed E-state index contributed by atoms with van der Waals surface area (Å²) in [7, 11) is 0. The molecule has 7 heteroatoms. The van der Waals surface area contributed by atoms with Crippen LogP contribution in [0.15, 0.2) is 121 Å². The molecule has 1 saturated heterocycles. The van der Waals surface area contributed by atoms with E-state index in [9.17, 15) is 4.79 Å². The Morgan fingerprint density at radius 2 is 1.13 bits per heavy atom. The molecule has 1 heterocycles. The van der Waals surface area contributed by atoms with E-state index in [0.717, 1.165) is 60.8 Å². The first-order valence-electron chi connectivity index (χ1n) is 22.8. The van der Waals surface area contributed by atoms with E-state index in [1.165, 1.54) is 19.3 Å². The van der Waals surface area contributed by atoms with Crippen molar-refractivity contribution in [3.8, 4) is 0 Å². The Morgan fingerprint density at radius 1 is 0.583 bits per heavy atom. The van der Waals surface area contributed by atoms with Gasteiger partial charge in [0.25, 0.3) is 0 Å². The van der Waals surface area contributed by atoms with Crippen molar-refractivity contribution in [2.24, 2.45) is 34.5 Å². The molecule has 4 saturated carbocycles. The Hall–Kier alpha value is -3.69. The third-order valence-electron chi connectivity index (χ3n) is 15.5. The Morgan fingerprint density at radius 3 is 1.73 bits per heavy atom. The molecule has 0 bridgehead atoms. The molecule has 0 spiro atoms. The highest BCUT2D eigenvalue weighted by molar-refractivity contribution is 5.87. The van der Waals surface area contributed by atoms with Crippen molar-refractivity contribution in [3.63, 3.8) is 0 Å². The Bertz CT molecular complexity index is 1960. The molecule has 4 aliphatic carbocycles. The van der Waals surface area contributed by atoms with E-state index in [1.807, 2.05) is 72.8 Å².